The highest BCUT2D eigenvalue weighted by molar-refractivity contribution is 7.90. The van der Waals surface area contributed by atoms with E-state index in [9.17, 15) is 13.2 Å². The molecule has 1 aromatic heterocycles. The van der Waals surface area contributed by atoms with Crippen LogP contribution in [-0.4, -0.2) is 27.8 Å². The van der Waals surface area contributed by atoms with Crippen molar-refractivity contribution >= 4 is 24.2 Å². The Bertz CT molecular complexity index is 2110. The average Bonchev–Trinajstić information content (AvgIpc) is 3.84. The van der Waals surface area contributed by atoms with Crippen LogP contribution in [0.25, 0.3) is 22.5 Å². The van der Waals surface area contributed by atoms with Gasteiger partial charge in [-0.3, -0.25) is 4.79 Å². The summed E-state index contributed by atoms with van der Waals surface area (Å²) in [6, 6.07) is 33.2. The summed E-state index contributed by atoms with van der Waals surface area (Å²) in [5.74, 6) is 0.254. The van der Waals surface area contributed by atoms with Gasteiger partial charge in [-0.05, 0) is 98.5 Å². The highest BCUT2D eigenvalue weighted by Crippen LogP contribution is 2.49. The number of sulfonamides is 1. The normalized spacial score (nSPS) is 14.9. The number of nitrogens with zero attached hydrogens (tertiary/aromatic N) is 1. The quantitative estimate of drug-likeness (QED) is 0.121. The molecule has 52 heavy (non-hydrogen) atoms. The molecule has 1 amide bonds. The molecule has 1 unspecified atom stereocenters. The zero-order valence-corrected chi connectivity index (χ0v) is 33.1. The maximum Gasteiger partial charge on any atom is 0.264 e. The molecule has 0 aliphatic heterocycles. The molecule has 4 aromatic carbocycles. The Morgan fingerprint density at radius 1 is 0.865 bits per heavy atom. The number of carbonyl (C=O) groups excluding carboxylic acids is 1. The van der Waals surface area contributed by atoms with E-state index in [1.54, 1.807) is 12.1 Å². The zero-order chi connectivity index (χ0) is 37.3. The van der Waals surface area contributed by atoms with Crippen molar-refractivity contribution in [2.24, 2.45) is 0 Å². The molecule has 5 aromatic rings. The van der Waals surface area contributed by atoms with Crippen LogP contribution in [0.15, 0.2) is 113 Å². The molecule has 272 valence electrons. The number of hydrogen-bond acceptors (Lipinski definition) is 6. The topological polar surface area (TPSA) is 98.5 Å². The molecular weight excluding hydrogens is 685 g/mol. The minimum Gasteiger partial charge on any atom is -0.410 e. The Balaban J connectivity index is 1.20. The Morgan fingerprint density at radius 2 is 1.44 bits per heavy atom. The molecule has 1 saturated carbocycles. The van der Waals surface area contributed by atoms with Gasteiger partial charge in [0.15, 0.2) is 14.1 Å². The summed E-state index contributed by atoms with van der Waals surface area (Å²) in [5.41, 5.74) is 7.05. The fraction of sp³-hybridized carbons (Fsp3) is 0.349. The summed E-state index contributed by atoms with van der Waals surface area (Å²) < 4.78 is 41.3. The Hall–Kier alpha value is -4.31. The second kappa shape index (κ2) is 14.6. The minimum absolute atomic E-state index is 0.0508. The molecule has 1 heterocycles. The SMILES string of the molecule is Cc1ccc(S(=O)(=O)NC(=O)C2(c3ccc(-c4ccc(-c5onc(C)c5C(CCCc5ccccc5)O[Si](C)(C)C(C)(C)C)cc4)cc3)CC2)cc1. The Morgan fingerprint density at radius 3 is 2.02 bits per heavy atom. The first kappa shape index (κ1) is 37.4. The first-order valence-corrected chi connectivity index (χ1v) is 22.5. The number of aromatic nitrogens is 1. The highest BCUT2D eigenvalue weighted by Gasteiger charge is 2.52. The van der Waals surface area contributed by atoms with Crippen LogP contribution in [0.2, 0.25) is 18.1 Å². The number of rotatable bonds is 13. The summed E-state index contributed by atoms with van der Waals surface area (Å²) in [4.78, 5) is 13.4. The summed E-state index contributed by atoms with van der Waals surface area (Å²) in [6.07, 6.45) is 3.87. The molecule has 0 saturated heterocycles. The molecule has 1 fully saturated rings. The van der Waals surface area contributed by atoms with E-state index in [2.05, 4.69) is 98.3 Å². The van der Waals surface area contributed by atoms with Gasteiger partial charge in [0.1, 0.15) is 0 Å². The molecule has 1 atom stereocenters. The van der Waals surface area contributed by atoms with E-state index in [1.165, 1.54) is 17.7 Å². The van der Waals surface area contributed by atoms with Crippen LogP contribution in [-0.2, 0) is 31.1 Å². The Labute approximate surface area is 310 Å². The Kier molecular flexibility index (Phi) is 10.5. The number of amides is 1. The van der Waals surface area contributed by atoms with Gasteiger partial charge in [-0.1, -0.05) is 122 Å². The summed E-state index contributed by atoms with van der Waals surface area (Å²) in [6.45, 7) is 15.3. The summed E-state index contributed by atoms with van der Waals surface area (Å²) >= 11 is 0. The maximum atomic E-state index is 13.3. The van der Waals surface area contributed by atoms with Crippen molar-refractivity contribution in [3.05, 3.63) is 131 Å². The van der Waals surface area contributed by atoms with Crippen molar-refractivity contribution in [1.29, 1.82) is 0 Å². The first-order valence-electron chi connectivity index (χ1n) is 18.1. The molecule has 9 heteroatoms. The number of carbonyl (C=O) groups is 1. The fourth-order valence-corrected chi connectivity index (χ4v) is 8.81. The van der Waals surface area contributed by atoms with Crippen LogP contribution in [0.1, 0.15) is 80.5 Å². The molecule has 0 bridgehead atoms. The number of benzene rings is 4. The van der Waals surface area contributed by atoms with Crippen LogP contribution in [0.4, 0.5) is 0 Å². The third kappa shape index (κ3) is 8.02. The van der Waals surface area contributed by atoms with Gasteiger partial charge in [-0.15, -0.1) is 0 Å². The fourth-order valence-electron chi connectivity index (χ4n) is 6.46. The van der Waals surface area contributed by atoms with E-state index < -0.39 is 29.7 Å². The monoisotopic (exact) mass is 734 g/mol. The molecule has 1 aliphatic rings. The number of aryl methyl sites for hydroxylation is 3. The van der Waals surface area contributed by atoms with E-state index >= 15 is 0 Å². The predicted molar refractivity (Wildman–Crippen MR) is 210 cm³/mol. The van der Waals surface area contributed by atoms with Crippen LogP contribution in [0.3, 0.4) is 0 Å². The van der Waals surface area contributed by atoms with Gasteiger partial charge >= 0.3 is 0 Å². The minimum atomic E-state index is -3.96. The van der Waals surface area contributed by atoms with Crippen molar-refractivity contribution in [3.8, 4) is 22.5 Å². The molecule has 0 spiro atoms. The summed E-state index contributed by atoms with van der Waals surface area (Å²) in [5, 5.41) is 4.49. The third-order valence-corrected chi connectivity index (χ3v) is 16.7. The lowest BCUT2D eigenvalue weighted by molar-refractivity contribution is -0.121. The predicted octanol–water partition coefficient (Wildman–Crippen LogP) is 10.2. The maximum absolute atomic E-state index is 13.3. The zero-order valence-electron chi connectivity index (χ0n) is 31.3. The van der Waals surface area contributed by atoms with Gasteiger partial charge in [0.2, 0.25) is 5.91 Å². The third-order valence-electron chi connectivity index (χ3n) is 10.9. The van der Waals surface area contributed by atoms with E-state index in [1.807, 2.05) is 38.1 Å². The van der Waals surface area contributed by atoms with Gasteiger partial charge in [-0.2, -0.15) is 0 Å². The second-order valence-electron chi connectivity index (χ2n) is 15.7. The first-order chi connectivity index (χ1) is 24.6. The second-order valence-corrected chi connectivity index (χ2v) is 22.2. The van der Waals surface area contributed by atoms with Gasteiger partial charge in [-0.25, -0.2) is 13.1 Å². The molecular formula is C43H50N2O5SSi. The van der Waals surface area contributed by atoms with Crippen LogP contribution in [0, 0.1) is 13.8 Å². The molecule has 0 radical (unpaired) electrons. The largest absolute Gasteiger partial charge is 0.410 e. The molecule has 1 N–H and O–H groups in total. The molecule has 7 nitrogen and oxygen atoms in total. The van der Waals surface area contributed by atoms with Gasteiger partial charge < -0.3 is 8.95 Å². The van der Waals surface area contributed by atoms with Crippen molar-refractivity contribution in [2.45, 2.75) is 101 Å². The van der Waals surface area contributed by atoms with Crippen molar-refractivity contribution < 1.29 is 22.2 Å². The van der Waals surface area contributed by atoms with E-state index in [4.69, 9.17) is 8.95 Å². The number of hydrogen-bond donors (Lipinski definition) is 1. The molecule has 1 aliphatic carbocycles. The summed E-state index contributed by atoms with van der Waals surface area (Å²) in [7, 11) is -6.09. The lowest BCUT2D eigenvalue weighted by atomic mass is 9.92. The highest BCUT2D eigenvalue weighted by atomic mass is 32.2. The van der Waals surface area contributed by atoms with Crippen molar-refractivity contribution in [3.63, 3.8) is 0 Å². The lowest BCUT2D eigenvalue weighted by Gasteiger charge is -2.39. The van der Waals surface area contributed by atoms with Gasteiger partial charge in [0.05, 0.1) is 27.7 Å². The smallest absolute Gasteiger partial charge is 0.264 e. The lowest BCUT2D eigenvalue weighted by Crippen LogP contribution is -2.42. The number of nitrogens with one attached hydrogen (secondary N) is 1. The van der Waals surface area contributed by atoms with Crippen LogP contribution >= 0.6 is 0 Å². The van der Waals surface area contributed by atoms with E-state index in [0.29, 0.717) is 12.8 Å². The van der Waals surface area contributed by atoms with Gasteiger partial charge in [0, 0.05) is 5.56 Å². The van der Waals surface area contributed by atoms with Gasteiger partial charge in [0.25, 0.3) is 10.0 Å². The van der Waals surface area contributed by atoms with Crippen molar-refractivity contribution in [2.75, 3.05) is 0 Å². The van der Waals surface area contributed by atoms with E-state index in [-0.39, 0.29) is 16.0 Å². The van der Waals surface area contributed by atoms with Crippen molar-refractivity contribution in [1.82, 2.24) is 9.88 Å². The molecule has 6 rings (SSSR count). The standard InChI is InChI=1S/C43H50N2O5SSi/c1-30-16-26-37(27-17-30)51(47,48)45-41(46)43(28-29-43)36-24-22-34(23-25-36)33-18-20-35(21-19-33)40-39(31(2)44-49-40)38(50-52(6,7)42(3,4)5)15-11-14-32-12-9-8-10-13-32/h8-10,12-13,16-27,38H,11,14-15,28-29H2,1-7H3,(H,45,46). The van der Waals surface area contributed by atoms with Crippen LogP contribution < -0.4 is 4.72 Å². The van der Waals surface area contributed by atoms with Crippen LogP contribution in [0.5, 0.6) is 0 Å². The average molecular weight is 735 g/mol. The van der Waals surface area contributed by atoms with E-state index in [0.717, 1.165) is 64.1 Å².